The highest BCUT2D eigenvalue weighted by Gasteiger charge is 2.52. The Morgan fingerprint density at radius 3 is 2.55 bits per heavy atom. The second kappa shape index (κ2) is 11.6. The highest BCUT2D eigenvalue weighted by Crippen LogP contribution is 2.42. The lowest BCUT2D eigenvalue weighted by Gasteiger charge is -2.33. The number of nitrogens with one attached hydrogen (secondary N) is 3. The third kappa shape index (κ3) is 5.58. The number of carbonyl (C=O) groups excluding carboxylic acids is 2. The molecule has 47 heavy (non-hydrogen) atoms. The van der Waals surface area contributed by atoms with E-state index >= 15 is 0 Å². The largest absolute Gasteiger partial charge is 0.374 e. The molecule has 1 saturated carbocycles. The van der Waals surface area contributed by atoms with E-state index < -0.39 is 17.6 Å². The number of aromatic amines is 1. The molecular weight excluding hydrogens is 595 g/mol. The number of nitrogens with zero attached hydrogens (tertiary/aromatic N) is 3. The lowest BCUT2D eigenvalue weighted by atomic mass is 9.77. The van der Waals surface area contributed by atoms with Crippen molar-refractivity contribution in [3.8, 4) is 22.3 Å². The van der Waals surface area contributed by atoms with Crippen molar-refractivity contribution >= 4 is 23.3 Å². The molecule has 4 heterocycles. The summed E-state index contributed by atoms with van der Waals surface area (Å²) in [4.78, 5) is 34.2. The average Bonchev–Trinajstić information content (AvgIpc) is 3.37. The molecule has 2 aromatic heterocycles. The molecule has 242 valence electrons. The Kier molecular flexibility index (Phi) is 7.35. The van der Waals surface area contributed by atoms with Crippen molar-refractivity contribution in [1.29, 1.82) is 0 Å². The maximum absolute atomic E-state index is 15.0. The van der Waals surface area contributed by atoms with Gasteiger partial charge >= 0.3 is 0 Å². The van der Waals surface area contributed by atoms with E-state index in [1.807, 2.05) is 50.4 Å². The van der Waals surface area contributed by atoms with Crippen LogP contribution >= 0.6 is 0 Å². The number of hydrogen-bond donors (Lipinski definition) is 3. The van der Waals surface area contributed by atoms with E-state index in [1.54, 1.807) is 0 Å². The van der Waals surface area contributed by atoms with Crippen molar-refractivity contribution < 1.29 is 18.7 Å². The molecule has 2 aromatic carbocycles. The summed E-state index contributed by atoms with van der Waals surface area (Å²) in [5.74, 6) is -0.427. The lowest BCUT2D eigenvalue weighted by molar-refractivity contribution is -0.131. The van der Waals surface area contributed by atoms with Gasteiger partial charge in [-0.1, -0.05) is 30.3 Å². The van der Waals surface area contributed by atoms with Crippen LogP contribution in [0.25, 0.3) is 22.3 Å². The molecular formula is C37H39FN6O3. The van der Waals surface area contributed by atoms with Gasteiger partial charge in [0.15, 0.2) is 5.67 Å². The Bertz CT molecular complexity index is 1830. The topological polar surface area (TPSA) is 112 Å². The zero-order chi connectivity index (χ0) is 32.3. The summed E-state index contributed by atoms with van der Waals surface area (Å²) >= 11 is 0. The number of carbonyl (C=O) groups is 2. The predicted molar refractivity (Wildman–Crippen MR) is 178 cm³/mol. The lowest BCUT2D eigenvalue weighted by Crippen LogP contribution is -2.51. The average molecular weight is 635 g/mol. The van der Waals surface area contributed by atoms with Crippen molar-refractivity contribution in [3.05, 3.63) is 83.3 Å². The number of H-pyrrole nitrogens is 1. The number of aryl methyl sites for hydroxylation is 3. The minimum Gasteiger partial charge on any atom is -0.374 e. The molecule has 2 bridgehead atoms. The van der Waals surface area contributed by atoms with E-state index in [2.05, 4.69) is 55.0 Å². The van der Waals surface area contributed by atoms with Gasteiger partial charge in [0, 0.05) is 35.6 Å². The minimum absolute atomic E-state index is 0.183. The fraction of sp³-hybridized carbons (Fsp3) is 0.405. The van der Waals surface area contributed by atoms with E-state index in [4.69, 9.17) is 4.74 Å². The van der Waals surface area contributed by atoms with Crippen LogP contribution in [-0.4, -0.2) is 64.0 Å². The SMILES string of the molecule is Cc1n[nH]c(C)c1-c1ccc(NC(=O)[C@@H](NC(=O)C2(F)CC2)[C@@H]2CCCc3ccc(-c4ccnc(N5C[C@H]6C[C@@H]5CO6)c4)cc32)cc1. The number of fused-ring (bicyclic) bond motifs is 3. The van der Waals surface area contributed by atoms with Gasteiger partial charge in [-0.05, 0) is 104 Å². The standard InChI is InChI=1S/C37H39FN6O3/c1-21-33(22(2)43-42-21)24-8-10-27(11-9-24)40-35(45)34(41-36(46)37(38)13-14-37)30-5-3-4-23-6-7-25(16-31(23)30)26-12-15-39-32(17-26)44-19-29-18-28(44)20-47-29/h6-12,15-17,28-30,34H,3-5,13-14,18-20H2,1-2H3,(H,40,45)(H,41,46)(H,42,43)/t28-,29-,30-,34+/m1/s1. The molecule has 4 aliphatic rings. The Hall–Kier alpha value is -4.57. The van der Waals surface area contributed by atoms with Crippen LogP contribution in [0.1, 0.15) is 60.5 Å². The van der Waals surface area contributed by atoms with Gasteiger partial charge in [0.2, 0.25) is 5.91 Å². The zero-order valence-corrected chi connectivity index (χ0v) is 26.7. The maximum atomic E-state index is 15.0. The van der Waals surface area contributed by atoms with Crippen molar-refractivity contribution in [3.63, 3.8) is 0 Å². The summed E-state index contributed by atoms with van der Waals surface area (Å²) < 4.78 is 20.8. The fourth-order valence-electron chi connectivity index (χ4n) is 7.67. The van der Waals surface area contributed by atoms with Crippen LogP contribution in [0.5, 0.6) is 0 Å². The van der Waals surface area contributed by atoms with Crippen LogP contribution < -0.4 is 15.5 Å². The van der Waals surface area contributed by atoms with Crippen LogP contribution in [0.3, 0.4) is 0 Å². The second-order valence-electron chi connectivity index (χ2n) is 13.6. The van der Waals surface area contributed by atoms with Crippen molar-refractivity contribution in [2.45, 2.75) is 82.1 Å². The molecule has 3 fully saturated rings. The van der Waals surface area contributed by atoms with E-state index in [9.17, 15) is 14.0 Å². The fourth-order valence-corrected chi connectivity index (χ4v) is 7.67. The first-order chi connectivity index (χ1) is 22.8. The quantitative estimate of drug-likeness (QED) is 0.227. The van der Waals surface area contributed by atoms with Crippen molar-refractivity contribution in [1.82, 2.24) is 20.5 Å². The summed E-state index contributed by atoms with van der Waals surface area (Å²) in [7, 11) is 0. The van der Waals surface area contributed by atoms with Crippen LogP contribution in [-0.2, 0) is 20.7 Å². The summed E-state index contributed by atoms with van der Waals surface area (Å²) in [6.07, 6.45) is 5.98. The molecule has 0 radical (unpaired) electrons. The van der Waals surface area contributed by atoms with Gasteiger partial charge < -0.3 is 20.3 Å². The number of aromatic nitrogens is 3. The third-order valence-electron chi connectivity index (χ3n) is 10.4. The van der Waals surface area contributed by atoms with E-state index in [-0.39, 0.29) is 30.8 Å². The van der Waals surface area contributed by atoms with E-state index in [0.29, 0.717) is 18.2 Å². The molecule has 2 amide bonds. The zero-order valence-electron chi connectivity index (χ0n) is 26.7. The maximum Gasteiger partial charge on any atom is 0.258 e. The number of benzene rings is 2. The molecule has 3 N–H and O–H groups in total. The monoisotopic (exact) mass is 634 g/mol. The number of pyridine rings is 1. The Morgan fingerprint density at radius 1 is 1.06 bits per heavy atom. The second-order valence-corrected chi connectivity index (χ2v) is 13.6. The van der Waals surface area contributed by atoms with Crippen LogP contribution in [0, 0.1) is 13.8 Å². The first-order valence-electron chi connectivity index (χ1n) is 16.7. The Morgan fingerprint density at radius 2 is 1.85 bits per heavy atom. The predicted octanol–water partition coefficient (Wildman–Crippen LogP) is 5.78. The van der Waals surface area contributed by atoms with Gasteiger partial charge in [0.25, 0.3) is 5.91 Å². The molecule has 9 nitrogen and oxygen atoms in total. The molecule has 2 saturated heterocycles. The van der Waals surface area contributed by atoms with Gasteiger partial charge in [0.1, 0.15) is 11.9 Å². The molecule has 2 aliphatic carbocycles. The first kappa shape index (κ1) is 29.8. The minimum atomic E-state index is -1.90. The van der Waals surface area contributed by atoms with Gasteiger partial charge in [0.05, 0.1) is 24.4 Å². The van der Waals surface area contributed by atoms with Crippen molar-refractivity contribution in [2.75, 3.05) is 23.4 Å². The molecule has 4 atom stereocenters. The summed E-state index contributed by atoms with van der Waals surface area (Å²) in [5, 5.41) is 13.2. The number of alkyl halides is 1. The number of morpholine rings is 1. The molecule has 2 aliphatic heterocycles. The van der Waals surface area contributed by atoms with Crippen LogP contribution in [0.15, 0.2) is 60.8 Å². The van der Waals surface area contributed by atoms with Crippen molar-refractivity contribution in [2.24, 2.45) is 0 Å². The van der Waals surface area contributed by atoms with Gasteiger partial charge in [-0.15, -0.1) is 0 Å². The molecule has 0 unspecified atom stereocenters. The Labute approximate surface area is 273 Å². The molecule has 0 spiro atoms. The number of ether oxygens (including phenoxy) is 1. The summed E-state index contributed by atoms with van der Waals surface area (Å²) in [6.45, 7) is 5.52. The first-order valence-corrected chi connectivity index (χ1v) is 16.7. The number of halogens is 1. The third-order valence-corrected chi connectivity index (χ3v) is 10.4. The number of anilines is 2. The summed E-state index contributed by atoms with van der Waals surface area (Å²) in [5.41, 5.74) is 6.84. The Balaban J connectivity index is 1.08. The van der Waals surface area contributed by atoms with Gasteiger partial charge in [-0.3, -0.25) is 14.7 Å². The van der Waals surface area contributed by atoms with E-state index in [1.165, 1.54) is 0 Å². The van der Waals surface area contributed by atoms with Gasteiger partial charge in [-0.2, -0.15) is 5.10 Å². The van der Waals surface area contributed by atoms with Gasteiger partial charge in [-0.25, -0.2) is 9.37 Å². The van der Waals surface area contributed by atoms with E-state index in [0.717, 1.165) is 83.0 Å². The summed E-state index contributed by atoms with van der Waals surface area (Å²) in [6, 6.07) is 17.6. The number of rotatable bonds is 8. The molecule has 8 rings (SSSR count). The number of hydrogen-bond acceptors (Lipinski definition) is 6. The normalized spacial score (nSPS) is 22.9. The molecule has 4 aromatic rings. The van der Waals surface area contributed by atoms with Crippen LogP contribution in [0.2, 0.25) is 0 Å². The highest BCUT2D eigenvalue weighted by molar-refractivity contribution is 6.00. The number of amides is 2. The van der Waals surface area contributed by atoms with Crippen LogP contribution in [0.4, 0.5) is 15.9 Å². The smallest absolute Gasteiger partial charge is 0.258 e. The molecule has 10 heteroatoms. The highest BCUT2D eigenvalue weighted by atomic mass is 19.1.